The molecule has 7 nitrogen and oxygen atoms in total. The summed E-state index contributed by atoms with van der Waals surface area (Å²) < 4.78 is 42.0. The van der Waals surface area contributed by atoms with Crippen molar-refractivity contribution in [2.24, 2.45) is 5.16 Å². The fourth-order valence-electron chi connectivity index (χ4n) is 3.49. The largest absolute Gasteiger partial charge is 0.417 e. The van der Waals surface area contributed by atoms with E-state index >= 15 is 0 Å². The van der Waals surface area contributed by atoms with E-state index < -0.39 is 11.7 Å². The molecule has 160 valence electrons. The number of amides is 1. The van der Waals surface area contributed by atoms with Gasteiger partial charge < -0.3 is 9.74 Å². The van der Waals surface area contributed by atoms with Crippen molar-refractivity contribution >= 4 is 11.6 Å². The summed E-state index contributed by atoms with van der Waals surface area (Å²) >= 11 is 0. The number of alkyl halides is 3. The molecule has 3 aromatic rings. The van der Waals surface area contributed by atoms with E-state index in [4.69, 9.17) is 4.84 Å². The van der Waals surface area contributed by atoms with Gasteiger partial charge in [-0.25, -0.2) is 4.68 Å². The van der Waals surface area contributed by atoms with Crippen LogP contribution in [-0.2, 0) is 17.4 Å². The first-order valence-corrected chi connectivity index (χ1v) is 9.43. The van der Waals surface area contributed by atoms with Crippen molar-refractivity contribution in [1.82, 2.24) is 19.7 Å². The lowest BCUT2D eigenvalue weighted by Crippen LogP contribution is -2.41. The number of oxime groups is 1. The fraction of sp³-hybridized carbons (Fsp3) is 0.238. The average Bonchev–Trinajstić information content (AvgIpc) is 3.20. The van der Waals surface area contributed by atoms with E-state index in [2.05, 4.69) is 15.2 Å². The van der Waals surface area contributed by atoms with Crippen LogP contribution < -0.4 is 0 Å². The summed E-state index contributed by atoms with van der Waals surface area (Å²) in [4.78, 5) is 23.3. The molecule has 1 aliphatic rings. The Hall–Kier alpha value is -3.69. The summed E-state index contributed by atoms with van der Waals surface area (Å²) in [6, 6.07) is 8.67. The molecule has 3 heterocycles. The number of carbonyl (C=O) groups excluding carboxylic acids is 1. The molecule has 0 atom stereocenters. The standard InChI is InChI=1S/C21H18F3N5O2/c1-31-27-19(15-6-2-3-7-17(15)21(22,23)24)13-28-10-8-18-16(20(28)30)12-29(26-18)14-5-4-9-25-11-14/h2-7,9,11-12H,8,10,13H2,1H3. The molecule has 0 fully saturated rings. The summed E-state index contributed by atoms with van der Waals surface area (Å²) in [5.74, 6) is -0.329. The number of carbonyl (C=O) groups is 1. The average molecular weight is 429 g/mol. The highest BCUT2D eigenvalue weighted by Crippen LogP contribution is 2.32. The second kappa shape index (κ2) is 8.21. The van der Waals surface area contributed by atoms with E-state index in [1.54, 1.807) is 29.3 Å². The van der Waals surface area contributed by atoms with Gasteiger partial charge in [0.1, 0.15) is 12.8 Å². The third-order valence-corrected chi connectivity index (χ3v) is 4.92. The van der Waals surface area contributed by atoms with E-state index in [1.807, 2.05) is 6.07 Å². The molecule has 0 aliphatic carbocycles. The van der Waals surface area contributed by atoms with Crippen molar-refractivity contribution in [3.63, 3.8) is 0 Å². The van der Waals surface area contributed by atoms with Crippen LogP contribution in [0.1, 0.15) is 27.2 Å². The van der Waals surface area contributed by atoms with Gasteiger partial charge in [-0.3, -0.25) is 9.78 Å². The van der Waals surface area contributed by atoms with Gasteiger partial charge in [0.2, 0.25) is 0 Å². The van der Waals surface area contributed by atoms with Gasteiger partial charge >= 0.3 is 6.18 Å². The molecule has 1 amide bonds. The number of hydrogen-bond acceptors (Lipinski definition) is 5. The Morgan fingerprint density at radius 3 is 2.74 bits per heavy atom. The second-order valence-electron chi connectivity index (χ2n) is 6.89. The second-order valence-corrected chi connectivity index (χ2v) is 6.89. The molecule has 31 heavy (non-hydrogen) atoms. The van der Waals surface area contributed by atoms with E-state index in [9.17, 15) is 18.0 Å². The number of halogens is 3. The minimum Gasteiger partial charge on any atom is -0.399 e. The lowest BCUT2D eigenvalue weighted by molar-refractivity contribution is -0.137. The molecule has 0 bridgehead atoms. The van der Waals surface area contributed by atoms with Crippen molar-refractivity contribution in [1.29, 1.82) is 0 Å². The van der Waals surface area contributed by atoms with Gasteiger partial charge in [0.05, 0.1) is 35.2 Å². The van der Waals surface area contributed by atoms with Gasteiger partial charge in [0, 0.05) is 30.9 Å². The van der Waals surface area contributed by atoms with Crippen LogP contribution in [0.15, 0.2) is 60.1 Å². The van der Waals surface area contributed by atoms with Crippen molar-refractivity contribution < 1.29 is 22.8 Å². The molecule has 1 aliphatic heterocycles. The molecule has 1 aromatic carbocycles. The Bertz CT molecular complexity index is 1130. The summed E-state index contributed by atoms with van der Waals surface area (Å²) in [5.41, 5.74) is 0.799. The zero-order valence-corrected chi connectivity index (χ0v) is 16.5. The number of benzene rings is 1. The number of hydrogen-bond donors (Lipinski definition) is 0. The maximum Gasteiger partial charge on any atom is 0.417 e. The van der Waals surface area contributed by atoms with Crippen LogP contribution in [0.2, 0.25) is 0 Å². The van der Waals surface area contributed by atoms with Crippen molar-refractivity contribution in [2.45, 2.75) is 12.6 Å². The minimum absolute atomic E-state index is 0.0203. The predicted molar refractivity (Wildman–Crippen MR) is 106 cm³/mol. The van der Waals surface area contributed by atoms with Crippen LogP contribution in [0.25, 0.3) is 5.69 Å². The fourth-order valence-corrected chi connectivity index (χ4v) is 3.49. The molecule has 10 heteroatoms. The van der Waals surface area contributed by atoms with E-state index in [0.29, 0.717) is 29.9 Å². The monoisotopic (exact) mass is 429 g/mol. The molecule has 0 saturated heterocycles. The summed E-state index contributed by atoms with van der Waals surface area (Å²) in [6.45, 7) is 0.171. The van der Waals surface area contributed by atoms with Crippen molar-refractivity contribution in [3.05, 3.63) is 77.4 Å². The first kappa shape index (κ1) is 20.6. The molecular weight excluding hydrogens is 411 g/mol. The quantitative estimate of drug-likeness (QED) is 0.461. The maximum absolute atomic E-state index is 13.5. The highest BCUT2D eigenvalue weighted by Gasteiger charge is 2.35. The maximum atomic E-state index is 13.5. The van der Waals surface area contributed by atoms with Crippen molar-refractivity contribution in [3.8, 4) is 5.69 Å². The number of pyridine rings is 1. The van der Waals surface area contributed by atoms with Crippen LogP contribution in [0.3, 0.4) is 0 Å². The van der Waals surface area contributed by atoms with Crippen LogP contribution in [0.5, 0.6) is 0 Å². The molecule has 0 radical (unpaired) electrons. The lowest BCUT2D eigenvalue weighted by atomic mass is 10.0. The van der Waals surface area contributed by atoms with Crippen molar-refractivity contribution in [2.75, 3.05) is 20.2 Å². The zero-order chi connectivity index (χ0) is 22.0. The van der Waals surface area contributed by atoms with Gasteiger partial charge in [-0.2, -0.15) is 18.3 Å². The van der Waals surface area contributed by atoms with Crippen LogP contribution in [0, 0.1) is 0 Å². The normalized spacial score (nSPS) is 14.5. The van der Waals surface area contributed by atoms with Gasteiger partial charge in [0.25, 0.3) is 5.91 Å². The minimum atomic E-state index is -4.56. The van der Waals surface area contributed by atoms with Crippen LogP contribution in [-0.4, -0.2) is 51.5 Å². The van der Waals surface area contributed by atoms with Gasteiger partial charge in [-0.15, -0.1) is 0 Å². The molecule has 0 spiro atoms. The first-order chi connectivity index (χ1) is 14.9. The predicted octanol–water partition coefficient (Wildman–Crippen LogP) is 3.34. The molecular formula is C21H18F3N5O2. The van der Waals surface area contributed by atoms with E-state index in [0.717, 1.165) is 6.07 Å². The number of aromatic nitrogens is 3. The third kappa shape index (κ3) is 4.14. The highest BCUT2D eigenvalue weighted by atomic mass is 19.4. The van der Waals surface area contributed by atoms with E-state index in [1.165, 1.54) is 30.2 Å². The van der Waals surface area contributed by atoms with Gasteiger partial charge in [-0.05, 0) is 18.2 Å². The third-order valence-electron chi connectivity index (χ3n) is 4.92. The molecule has 0 N–H and O–H groups in total. The Balaban J connectivity index is 1.62. The van der Waals surface area contributed by atoms with Gasteiger partial charge in [-0.1, -0.05) is 23.4 Å². The van der Waals surface area contributed by atoms with Crippen LogP contribution >= 0.6 is 0 Å². The Morgan fingerprint density at radius 2 is 2.03 bits per heavy atom. The zero-order valence-electron chi connectivity index (χ0n) is 16.5. The molecule has 2 aromatic heterocycles. The number of nitrogens with zero attached hydrogens (tertiary/aromatic N) is 5. The topological polar surface area (TPSA) is 72.6 Å². The Morgan fingerprint density at radius 1 is 1.23 bits per heavy atom. The molecule has 4 rings (SSSR count). The molecule has 0 saturated carbocycles. The first-order valence-electron chi connectivity index (χ1n) is 9.43. The highest BCUT2D eigenvalue weighted by molar-refractivity contribution is 6.06. The van der Waals surface area contributed by atoms with Gasteiger partial charge in [0.15, 0.2) is 0 Å². The Labute approximate surface area is 175 Å². The lowest BCUT2D eigenvalue weighted by Gasteiger charge is -2.27. The Kier molecular flexibility index (Phi) is 5.45. The van der Waals surface area contributed by atoms with Crippen LogP contribution in [0.4, 0.5) is 13.2 Å². The summed E-state index contributed by atoms with van der Waals surface area (Å²) in [6.07, 6.45) is 0.773. The number of fused-ring (bicyclic) bond motifs is 1. The number of rotatable bonds is 5. The SMILES string of the molecule is CON=C(CN1CCc2nn(-c3cccnc3)cc2C1=O)c1ccccc1C(F)(F)F. The summed E-state index contributed by atoms with van der Waals surface area (Å²) in [7, 11) is 1.25. The molecule has 0 unspecified atom stereocenters. The van der Waals surface area contributed by atoms with E-state index in [-0.39, 0.29) is 23.7 Å². The smallest absolute Gasteiger partial charge is 0.399 e. The summed E-state index contributed by atoms with van der Waals surface area (Å²) in [5, 5.41) is 8.25.